The number of amides is 1. The molecule has 26 heavy (non-hydrogen) atoms. The van der Waals surface area contributed by atoms with Gasteiger partial charge in [-0.1, -0.05) is 35.9 Å². The van der Waals surface area contributed by atoms with Crippen LogP contribution in [0.4, 0.5) is 18.9 Å². The Bertz CT molecular complexity index is 960. The molecule has 0 fully saturated rings. The smallest absolute Gasteiger partial charge is 0.330 e. The van der Waals surface area contributed by atoms with Gasteiger partial charge in [0.2, 0.25) is 0 Å². The molecule has 1 amide bonds. The molecule has 0 bridgehead atoms. The van der Waals surface area contributed by atoms with Crippen molar-refractivity contribution in [3.05, 3.63) is 64.2 Å². The molecule has 5 nitrogen and oxygen atoms in total. The summed E-state index contributed by atoms with van der Waals surface area (Å²) < 4.78 is 60.7. The zero-order valence-electron chi connectivity index (χ0n) is 13.0. The number of rotatable bonds is 4. The number of sulfonamides is 1. The Morgan fingerprint density at radius 1 is 1.12 bits per heavy atom. The fourth-order valence-corrected chi connectivity index (χ4v) is 3.45. The number of benzene rings is 2. The SMILES string of the molecule is O=C1c2c(Cl)cccc2CN1Cc1ccc(NS(=O)(=O)C(F)(F)F)cc1. The Hall–Kier alpha value is -2.26. The third-order valence-electron chi connectivity index (χ3n) is 3.85. The minimum absolute atomic E-state index is 0.217. The molecule has 1 aliphatic heterocycles. The van der Waals surface area contributed by atoms with Crippen molar-refractivity contribution in [1.29, 1.82) is 0 Å². The summed E-state index contributed by atoms with van der Waals surface area (Å²) in [5.74, 6) is -0.229. The summed E-state index contributed by atoms with van der Waals surface area (Å²) in [5, 5.41) is 0.368. The molecule has 0 spiro atoms. The predicted molar refractivity (Wildman–Crippen MR) is 90.1 cm³/mol. The average molecular weight is 405 g/mol. The Morgan fingerprint density at radius 3 is 2.35 bits per heavy atom. The number of nitrogens with zero attached hydrogens (tertiary/aromatic N) is 1. The number of carbonyl (C=O) groups is 1. The van der Waals surface area contributed by atoms with Gasteiger partial charge >= 0.3 is 15.5 Å². The van der Waals surface area contributed by atoms with Crippen LogP contribution in [0.1, 0.15) is 21.5 Å². The Kier molecular flexibility index (Phi) is 4.61. The minimum Gasteiger partial charge on any atom is -0.330 e. The van der Waals surface area contributed by atoms with Gasteiger partial charge in [0.05, 0.1) is 10.6 Å². The van der Waals surface area contributed by atoms with Crippen LogP contribution in [0.15, 0.2) is 42.5 Å². The van der Waals surface area contributed by atoms with Gasteiger partial charge in [0, 0.05) is 18.8 Å². The van der Waals surface area contributed by atoms with Crippen molar-refractivity contribution < 1.29 is 26.4 Å². The summed E-state index contributed by atoms with van der Waals surface area (Å²) >= 11 is 6.05. The summed E-state index contributed by atoms with van der Waals surface area (Å²) in [7, 11) is -5.47. The summed E-state index contributed by atoms with van der Waals surface area (Å²) in [5.41, 5.74) is -3.72. The maximum atomic E-state index is 12.4. The van der Waals surface area contributed by atoms with Crippen LogP contribution in [0.25, 0.3) is 0 Å². The monoisotopic (exact) mass is 404 g/mol. The molecule has 0 saturated carbocycles. The molecule has 1 N–H and O–H groups in total. The highest BCUT2D eigenvalue weighted by Gasteiger charge is 2.46. The zero-order chi connectivity index (χ0) is 19.1. The molecular formula is C16H12ClF3N2O3S. The molecule has 1 aliphatic rings. The van der Waals surface area contributed by atoms with Crippen molar-refractivity contribution in [2.45, 2.75) is 18.6 Å². The van der Waals surface area contributed by atoms with E-state index in [1.54, 1.807) is 23.1 Å². The summed E-state index contributed by atoms with van der Waals surface area (Å²) in [6.07, 6.45) is 0. The fraction of sp³-hybridized carbons (Fsp3) is 0.188. The molecule has 2 aromatic rings. The number of hydrogen-bond donors (Lipinski definition) is 1. The summed E-state index contributed by atoms with van der Waals surface area (Å²) in [6, 6.07) is 10.5. The molecule has 0 radical (unpaired) electrons. The van der Waals surface area contributed by atoms with Crippen molar-refractivity contribution in [1.82, 2.24) is 4.90 Å². The van der Waals surface area contributed by atoms with E-state index < -0.39 is 15.5 Å². The first kappa shape index (κ1) is 18.5. The lowest BCUT2D eigenvalue weighted by atomic mass is 10.1. The third-order valence-corrected chi connectivity index (χ3v) is 5.28. The number of halogens is 4. The van der Waals surface area contributed by atoms with E-state index in [4.69, 9.17) is 11.6 Å². The maximum Gasteiger partial charge on any atom is 0.516 e. The van der Waals surface area contributed by atoms with Crippen molar-refractivity contribution in [2.75, 3.05) is 4.72 Å². The highest BCUT2D eigenvalue weighted by atomic mass is 35.5. The van der Waals surface area contributed by atoms with E-state index in [0.29, 0.717) is 22.7 Å². The Balaban J connectivity index is 1.72. The zero-order valence-corrected chi connectivity index (χ0v) is 14.6. The van der Waals surface area contributed by atoms with Gasteiger partial charge in [-0.25, -0.2) is 0 Å². The highest BCUT2D eigenvalue weighted by Crippen LogP contribution is 2.30. The lowest BCUT2D eigenvalue weighted by molar-refractivity contribution is -0.0429. The molecule has 0 aliphatic carbocycles. The van der Waals surface area contributed by atoms with Gasteiger partial charge in [-0.2, -0.15) is 21.6 Å². The van der Waals surface area contributed by atoms with Gasteiger partial charge in [0.25, 0.3) is 5.91 Å². The molecule has 1 heterocycles. The first-order chi connectivity index (χ1) is 12.1. The number of fused-ring (bicyclic) bond motifs is 1. The Labute approximate surface area is 152 Å². The lowest BCUT2D eigenvalue weighted by Gasteiger charge is -2.16. The highest BCUT2D eigenvalue weighted by molar-refractivity contribution is 7.93. The first-order valence-electron chi connectivity index (χ1n) is 7.33. The predicted octanol–water partition coefficient (Wildman–Crippen LogP) is 3.76. The average Bonchev–Trinajstić information content (AvgIpc) is 2.85. The molecule has 138 valence electrons. The van der Waals surface area contributed by atoms with Crippen LogP contribution in [0, 0.1) is 0 Å². The number of alkyl halides is 3. The number of nitrogens with one attached hydrogen (secondary N) is 1. The summed E-state index contributed by atoms with van der Waals surface area (Å²) in [4.78, 5) is 14.0. The van der Waals surface area contributed by atoms with E-state index in [-0.39, 0.29) is 18.1 Å². The van der Waals surface area contributed by atoms with E-state index in [0.717, 1.165) is 5.56 Å². The van der Waals surface area contributed by atoms with Crippen LogP contribution in [0.2, 0.25) is 5.02 Å². The van der Waals surface area contributed by atoms with Gasteiger partial charge in [-0.15, -0.1) is 0 Å². The molecular weight excluding hydrogens is 393 g/mol. The van der Waals surface area contributed by atoms with Gasteiger partial charge in [0.1, 0.15) is 0 Å². The molecule has 10 heteroatoms. The second-order valence-corrected chi connectivity index (χ2v) is 7.76. The van der Waals surface area contributed by atoms with Crippen LogP contribution < -0.4 is 4.72 Å². The topological polar surface area (TPSA) is 66.5 Å². The normalized spacial score (nSPS) is 14.5. The maximum absolute atomic E-state index is 12.4. The van der Waals surface area contributed by atoms with Crippen molar-refractivity contribution in [2.24, 2.45) is 0 Å². The van der Waals surface area contributed by atoms with Crippen LogP contribution >= 0.6 is 11.6 Å². The van der Waals surface area contributed by atoms with Crippen LogP contribution in [0.3, 0.4) is 0 Å². The standard InChI is InChI=1S/C16H12ClF3N2O3S/c17-13-3-1-2-11-9-22(15(23)14(11)13)8-10-4-6-12(7-5-10)21-26(24,25)16(18,19)20/h1-7,21H,8-9H2. The molecule has 0 aromatic heterocycles. The van der Waals surface area contributed by atoms with E-state index in [9.17, 15) is 26.4 Å². The third kappa shape index (κ3) is 3.49. The number of anilines is 1. The van der Waals surface area contributed by atoms with Gasteiger partial charge < -0.3 is 4.90 Å². The van der Waals surface area contributed by atoms with Crippen molar-refractivity contribution in [3.63, 3.8) is 0 Å². The van der Waals surface area contributed by atoms with Crippen molar-refractivity contribution in [3.8, 4) is 0 Å². The largest absolute Gasteiger partial charge is 0.516 e. The van der Waals surface area contributed by atoms with E-state index in [1.807, 2.05) is 0 Å². The van der Waals surface area contributed by atoms with Crippen molar-refractivity contribution >= 4 is 33.2 Å². The van der Waals surface area contributed by atoms with Crippen LogP contribution in [-0.4, -0.2) is 24.7 Å². The van der Waals surface area contributed by atoms with E-state index >= 15 is 0 Å². The van der Waals surface area contributed by atoms with Gasteiger partial charge in [0.15, 0.2) is 0 Å². The molecule has 0 atom stereocenters. The fourth-order valence-electron chi connectivity index (χ4n) is 2.61. The first-order valence-corrected chi connectivity index (χ1v) is 9.19. The van der Waals surface area contributed by atoms with E-state index in [1.165, 1.54) is 29.0 Å². The molecule has 2 aromatic carbocycles. The Morgan fingerprint density at radius 2 is 1.77 bits per heavy atom. The lowest BCUT2D eigenvalue weighted by Crippen LogP contribution is -2.29. The van der Waals surface area contributed by atoms with Crippen LogP contribution in [-0.2, 0) is 23.1 Å². The van der Waals surface area contributed by atoms with Gasteiger partial charge in [-0.05, 0) is 29.3 Å². The van der Waals surface area contributed by atoms with E-state index in [2.05, 4.69) is 0 Å². The second-order valence-electron chi connectivity index (χ2n) is 5.68. The molecule has 0 saturated heterocycles. The number of hydrogen-bond acceptors (Lipinski definition) is 3. The molecule has 3 rings (SSSR count). The minimum atomic E-state index is -5.47. The quantitative estimate of drug-likeness (QED) is 0.843. The summed E-state index contributed by atoms with van der Waals surface area (Å²) in [6.45, 7) is 0.591. The van der Waals surface area contributed by atoms with Crippen LogP contribution in [0.5, 0.6) is 0 Å². The van der Waals surface area contributed by atoms with Gasteiger partial charge in [-0.3, -0.25) is 9.52 Å². The number of carbonyl (C=O) groups excluding carboxylic acids is 1. The molecule has 0 unspecified atom stereocenters. The second kappa shape index (κ2) is 6.48.